The molecule has 11 nitrogen and oxygen atoms in total. The van der Waals surface area contributed by atoms with Crippen LogP contribution in [0, 0.1) is 0 Å². The van der Waals surface area contributed by atoms with Crippen LogP contribution >= 0.6 is 11.8 Å². The number of amides is 2. The topological polar surface area (TPSA) is 190 Å². The third-order valence-corrected chi connectivity index (χ3v) is 7.21. The molecule has 1 unspecified atom stereocenters. The van der Waals surface area contributed by atoms with Crippen LogP contribution in [0.3, 0.4) is 0 Å². The number of carbonyl (C=O) groups is 5. The zero-order chi connectivity index (χ0) is 30.4. The van der Waals surface area contributed by atoms with E-state index in [0.717, 1.165) is 24.3 Å². The fraction of sp³-hybridized carbons (Fsp3) is 0.0333. The Morgan fingerprint density at radius 2 is 1.26 bits per heavy atom. The van der Waals surface area contributed by atoms with Gasteiger partial charge in [0, 0.05) is 16.3 Å². The number of hydrogen-bond donors (Lipinski definition) is 6. The zero-order valence-electron chi connectivity index (χ0n) is 21.5. The van der Waals surface area contributed by atoms with Crippen molar-refractivity contribution in [1.29, 1.82) is 0 Å². The van der Waals surface area contributed by atoms with Crippen molar-refractivity contribution in [3.8, 4) is 5.75 Å². The molecule has 4 aromatic rings. The molecule has 6 N–H and O–H groups in total. The average molecular weight is 587 g/mol. The van der Waals surface area contributed by atoms with Crippen molar-refractivity contribution in [3.05, 3.63) is 119 Å². The molecular weight excluding hydrogens is 564 g/mol. The smallest absolute Gasteiger partial charge is 0.339 e. The minimum atomic E-state index is -1.45. The molecule has 212 valence electrons. The summed E-state index contributed by atoms with van der Waals surface area (Å²) >= 11 is 1.19. The predicted octanol–water partition coefficient (Wildman–Crippen LogP) is 5.21. The maximum atomic E-state index is 13.3. The van der Waals surface area contributed by atoms with Crippen LogP contribution in [0.2, 0.25) is 0 Å². The largest absolute Gasteiger partial charge is 0.507 e. The standard InChI is InChI=1S/C30H22N2O9S/c33-24-13-9-19(15-23(24)30(40)41)32-27(35)25(16-4-2-1-3-5-16)42-20-10-7-18(8-11-20)31-26(34)21-12-6-17(28(36)37)14-22(21)29(38)39/h1-15,25,33H,(H,31,34)(H,32,35)(H,36,37)(H,38,39)(H,40,41). The second-order valence-corrected chi connectivity index (χ2v) is 9.96. The molecule has 42 heavy (non-hydrogen) atoms. The molecule has 0 aliphatic carbocycles. The maximum Gasteiger partial charge on any atom is 0.339 e. The van der Waals surface area contributed by atoms with Crippen molar-refractivity contribution in [2.75, 3.05) is 10.6 Å². The van der Waals surface area contributed by atoms with Gasteiger partial charge in [-0.15, -0.1) is 11.8 Å². The van der Waals surface area contributed by atoms with Crippen LogP contribution in [0.4, 0.5) is 11.4 Å². The first-order valence-corrected chi connectivity index (χ1v) is 13.0. The molecule has 0 aliphatic rings. The fourth-order valence-corrected chi connectivity index (χ4v) is 4.92. The van der Waals surface area contributed by atoms with Crippen molar-refractivity contribution in [2.45, 2.75) is 10.1 Å². The van der Waals surface area contributed by atoms with Gasteiger partial charge in [0.2, 0.25) is 5.91 Å². The summed E-state index contributed by atoms with van der Waals surface area (Å²) in [6.07, 6.45) is 0. The molecule has 0 aromatic heterocycles. The normalized spacial score (nSPS) is 11.2. The van der Waals surface area contributed by atoms with Crippen LogP contribution in [-0.4, -0.2) is 50.1 Å². The highest BCUT2D eigenvalue weighted by Crippen LogP contribution is 2.37. The Hall–Kier alpha value is -5.62. The molecule has 0 aliphatic heterocycles. The van der Waals surface area contributed by atoms with E-state index in [9.17, 15) is 39.3 Å². The van der Waals surface area contributed by atoms with E-state index < -0.39 is 46.3 Å². The first-order valence-electron chi connectivity index (χ1n) is 12.1. The lowest BCUT2D eigenvalue weighted by Crippen LogP contribution is -2.19. The summed E-state index contributed by atoms with van der Waals surface area (Å²) in [5.41, 5.74) is -0.119. The van der Waals surface area contributed by atoms with E-state index in [2.05, 4.69) is 10.6 Å². The van der Waals surface area contributed by atoms with Gasteiger partial charge >= 0.3 is 17.9 Å². The predicted molar refractivity (Wildman–Crippen MR) is 153 cm³/mol. The van der Waals surface area contributed by atoms with Crippen LogP contribution in [0.15, 0.2) is 95.9 Å². The van der Waals surface area contributed by atoms with E-state index in [4.69, 9.17) is 5.11 Å². The number of nitrogens with one attached hydrogen (secondary N) is 2. The van der Waals surface area contributed by atoms with Gasteiger partial charge in [0.15, 0.2) is 0 Å². The number of benzene rings is 4. The highest BCUT2D eigenvalue weighted by Gasteiger charge is 2.24. The van der Waals surface area contributed by atoms with Crippen LogP contribution < -0.4 is 10.6 Å². The molecular formula is C30H22N2O9S. The number of carboxylic acid groups (broad SMARTS) is 3. The van der Waals surface area contributed by atoms with E-state index in [1.807, 2.05) is 0 Å². The SMILES string of the molecule is O=C(O)c1ccc(C(=O)Nc2ccc(SC(C(=O)Nc3ccc(O)c(C(=O)O)c3)c3ccccc3)cc2)c(C(=O)O)c1. The number of rotatable bonds is 10. The first-order chi connectivity index (χ1) is 20.0. The maximum absolute atomic E-state index is 13.3. The van der Waals surface area contributed by atoms with Crippen molar-refractivity contribution in [2.24, 2.45) is 0 Å². The van der Waals surface area contributed by atoms with Crippen LogP contribution in [0.5, 0.6) is 5.75 Å². The summed E-state index contributed by atoms with van der Waals surface area (Å²) in [6.45, 7) is 0. The van der Waals surface area contributed by atoms with Crippen LogP contribution in [0.1, 0.15) is 52.2 Å². The second-order valence-electron chi connectivity index (χ2n) is 8.78. The molecule has 0 bridgehead atoms. The van der Waals surface area contributed by atoms with Crippen molar-refractivity contribution in [3.63, 3.8) is 0 Å². The van der Waals surface area contributed by atoms with Crippen LogP contribution in [0.25, 0.3) is 0 Å². The summed E-state index contributed by atoms with van der Waals surface area (Å²) in [6, 6.07) is 22.2. The number of aromatic carboxylic acids is 3. The highest BCUT2D eigenvalue weighted by molar-refractivity contribution is 8.00. The molecule has 0 fully saturated rings. The molecule has 1 atom stereocenters. The lowest BCUT2D eigenvalue weighted by Gasteiger charge is -2.18. The van der Waals surface area contributed by atoms with Gasteiger partial charge < -0.3 is 31.1 Å². The number of thioether (sulfide) groups is 1. The quantitative estimate of drug-likeness (QED) is 0.106. The highest BCUT2D eigenvalue weighted by atomic mass is 32.2. The number of phenols is 1. The van der Waals surface area contributed by atoms with Crippen molar-refractivity contribution >= 4 is 52.9 Å². The zero-order valence-corrected chi connectivity index (χ0v) is 22.3. The van der Waals surface area contributed by atoms with Gasteiger partial charge in [0.25, 0.3) is 5.91 Å². The number of anilines is 2. The summed E-state index contributed by atoms with van der Waals surface area (Å²) < 4.78 is 0. The molecule has 12 heteroatoms. The lowest BCUT2D eigenvalue weighted by atomic mass is 10.0. The summed E-state index contributed by atoms with van der Waals surface area (Å²) in [7, 11) is 0. The van der Waals surface area contributed by atoms with E-state index in [0.29, 0.717) is 16.1 Å². The van der Waals surface area contributed by atoms with Crippen LogP contribution in [-0.2, 0) is 4.79 Å². The average Bonchev–Trinajstić information content (AvgIpc) is 2.97. The molecule has 0 saturated carbocycles. The van der Waals surface area contributed by atoms with Gasteiger partial charge in [0.1, 0.15) is 16.6 Å². The summed E-state index contributed by atoms with van der Waals surface area (Å²) in [5.74, 6) is -5.75. The van der Waals surface area contributed by atoms with Gasteiger partial charge in [0.05, 0.1) is 16.7 Å². The third-order valence-electron chi connectivity index (χ3n) is 5.94. The van der Waals surface area contributed by atoms with Gasteiger partial charge in [-0.3, -0.25) is 9.59 Å². The van der Waals surface area contributed by atoms with E-state index in [-0.39, 0.29) is 22.4 Å². The minimum absolute atomic E-state index is 0.187. The molecule has 0 spiro atoms. The first kappa shape index (κ1) is 29.4. The third kappa shape index (κ3) is 6.92. The molecule has 0 saturated heterocycles. The Kier molecular flexibility index (Phi) is 8.88. The lowest BCUT2D eigenvalue weighted by molar-refractivity contribution is -0.115. The summed E-state index contributed by atoms with van der Waals surface area (Å²) in [4.78, 5) is 60.9. The monoisotopic (exact) mass is 586 g/mol. The van der Waals surface area contributed by atoms with Crippen molar-refractivity contribution in [1.82, 2.24) is 0 Å². The Morgan fingerprint density at radius 1 is 0.619 bits per heavy atom. The van der Waals surface area contributed by atoms with Crippen molar-refractivity contribution < 1.29 is 44.4 Å². The Morgan fingerprint density at radius 3 is 1.88 bits per heavy atom. The Bertz CT molecular complexity index is 1690. The van der Waals surface area contributed by atoms with Gasteiger partial charge in [-0.05, 0) is 66.2 Å². The second kappa shape index (κ2) is 12.7. The van der Waals surface area contributed by atoms with E-state index >= 15 is 0 Å². The van der Waals surface area contributed by atoms with Gasteiger partial charge in [-0.2, -0.15) is 0 Å². The fourth-order valence-electron chi connectivity index (χ4n) is 3.90. The Balaban J connectivity index is 1.52. The van der Waals surface area contributed by atoms with E-state index in [1.54, 1.807) is 54.6 Å². The van der Waals surface area contributed by atoms with Gasteiger partial charge in [-0.1, -0.05) is 30.3 Å². The molecule has 4 aromatic carbocycles. The summed E-state index contributed by atoms with van der Waals surface area (Å²) in [5, 5.41) is 42.1. The molecule has 0 radical (unpaired) electrons. The van der Waals surface area contributed by atoms with E-state index in [1.165, 1.54) is 23.9 Å². The number of aromatic hydroxyl groups is 1. The molecule has 2 amide bonds. The van der Waals surface area contributed by atoms with Gasteiger partial charge in [-0.25, -0.2) is 14.4 Å². The number of carboxylic acids is 3. The molecule has 0 heterocycles. The number of carbonyl (C=O) groups excluding carboxylic acids is 2. The minimum Gasteiger partial charge on any atom is -0.507 e. The number of hydrogen-bond acceptors (Lipinski definition) is 7. The molecule has 4 rings (SSSR count). The Labute approximate surface area is 242 Å².